The summed E-state index contributed by atoms with van der Waals surface area (Å²) in [7, 11) is 0. The Balaban J connectivity index is 3.50. The van der Waals surface area contributed by atoms with Crippen molar-refractivity contribution in [2.24, 2.45) is 5.92 Å². The Labute approximate surface area is 67.7 Å². The number of hydrogen-bond acceptors (Lipinski definition) is 2. The minimum Gasteiger partial charge on any atom is -0.393 e. The second-order valence-corrected chi connectivity index (χ2v) is 2.89. The van der Waals surface area contributed by atoms with Crippen LogP contribution in [0.3, 0.4) is 0 Å². The van der Waals surface area contributed by atoms with Crippen molar-refractivity contribution in [1.29, 1.82) is 0 Å². The fourth-order valence-corrected chi connectivity index (χ4v) is 1.18. The van der Waals surface area contributed by atoms with E-state index in [1.807, 2.05) is 0 Å². The van der Waals surface area contributed by atoms with Crippen molar-refractivity contribution >= 4 is 11.8 Å². The van der Waals surface area contributed by atoms with Crippen LogP contribution in [0, 0.1) is 5.92 Å². The van der Waals surface area contributed by atoms with Gasteiger partial charge in [-0.1, -0.05) is 13.3 Å². The molecule has 62 valence electrons. The molecular weight excluding hydrogens is 150 g/mol. The van der Waals surface area contributed by atoms with Gasteiger partial charge < -0.3 is 5.11 Å². The summed E-state index contributed by atoms with van der Waals surface area (Å²) < 4.78 is 0. The molecule has 0 radical (unpaired) electrons. The van der Waals surface area contributed by atoms with Crippen molar-refractivity contribution < 1.29 is 5.11 Å². The van der Waals surface area contributed by atoms with Gasteiger partial charge in [0.1, 0.15) is 0 Å². The van der Waals surface area contributed by atoms with Crippen LogP contribution < -0.4 is 4.84 Å². The third-order valence-electron chi connectivity index (χ3n) is 1.68. The van der Waals surface area contributed by atoms with Crippen LogP contribution in [0.15, 0.2) is 0 Å². The molecule has 0 aromatic carbocycles. The molecule has 0 spiro atoms. The Hall–Kier alpha value is 0.210. The molecule has 0 saturated carbocycles. The van der Waals surface area contributed by atoms with Crippen molar-refractivity contribution in [3.05, 3.63) is 0 Å². The first-order valence-electron chi connectivity index (χ1n) is 3.74. The number of aliphatic hydroxyl groups excluding tert-OH is 1. The van der Waals surface area contributed by atoms with Crippen molar-refractivity contribution in [3.63, 3.8) is 0 Å². The second kappa shape index (κ2) is 5.96. The third-order valence-corrected chi connectivity index (χ3v) is 1.84. The van der Waals surface area contributed by atoms with Gasteiger partial charge >= 0.3 is 0 Å². The minimum absolute atomic E-state index is 0.258. The highest BCUT2D eigenvalue weighted by Crippen LogP contribution is 2.09. The maximum atomic E-state index is 9.18. The van der Waals surface area contributed by atoms with E-state index in [4.69, 9.17) is 11.8 Å². The highest BCUT2D eigenvalue weighted by Gasteiger charge is 2.12. The minimum atomic E-state index is -0.258. The highest BCUT2D eigenvalue weighted by atomic mass is 35.5. The zero-order valence-corrected chi connectivity index (χ0v) is 7.36. The van der Waals surface area contributed by atoms with E-state index < -0.39 is 0 Å². The molecule has 0 rings (SSSR count). The Kier molecular flexibility index (Phi) is 6.08. The van der Waals surface area contributed by atoms with E-state index in [-0.39, 0.29) is 6.10 Å². The smallest absolute Gasteiger partial charge is 0.0552 e. The summed E-state index contributed by atoms with van der Waals surface area (Å²) >= 11 is 5.31. The third kappa shape index (κ3) is 4.09. The fraction of sp³-hybridized carbons (Fsp3) is 1.00. The molecular formula is C7H16ClNO. The van der Waals surface area contributed by atoms with Gasteiger partial charge in [0.2, 0.25) is 0 Å². The van der Waals surface area contributed by atoms with E-state index in [0.29, 0.717) is 12.5 Å². The summed E-state index contributed by atoms with van der Waals surface area (Å²) in [5.74, 6) is 0.294. The Bertz CT molecular complexity index is 72.0. The lowest BCUT2D eigenvalue weighted by atomic mass is 9.99. The van der Waals surface area contributed by atoms with Crippen LogP contribution >= 0.6 is 11.8 Å². The average molecular weight is 166 g/mol. The van der Waals surface area contributed by atoms with Crippen molar-refractivity contribution in [2.45, 2.75) is 32.8 Å². The van der Waals surface area contributed by atoms with Crippen molar-refractivity contribution in [3.8, 4) is 0 Å². The van der Waals surface area contributed by atoms with Crippen LogP contribution in [0.2, 0.25) is 0 Å². The van der Waals surface area contributed by atoms with Crippen molar-refractivity contribution in [2.75, 3.05) is 6.54 Å². The van der Waals surface area contributed by atoms with Crippen LogP contribution in [0.1, 0.15) is 26.7 Å². The lowest BCUT2D eigenvalue weighted by molar-refractivity contribution is 0.122. The van der Waals surface area contributed by atoms with Crippen molar-refractivity contribution in [1.82, 2.24) is 4.84 Å². The Morgan fingerprint density at radius 1 is 1.60 bits per heavy atom. The van der Waals surface area contributed by atoms with E-state index in [2.05, 4.69) is 11.8 Å². The quantitative estimate of drug-likeness (QED) is 0.606. The first-order chi connectivity index (χ1) is 4.72. The van der Waals surface area contributed by atoms with E-state index in [9.17, 15) is 5.11 Å². The molecule has 0 aliphatic heterocycles. The predicted octanol–water partition coefficient (Wildman–Crippen LogP) is 1.53. The normalized spacial score (nSPS) is 16.8. The molecule has 0 aliphatic carbocycles. The summed E-state index contributed by atoms with van der Waals surface area (Å²) in [6, 6.07) is 0. The zero-order chi connectivity index (χ0) is 7.98. The molecule has 1 unspecified atom stereocenters. The second-order valence-electron chi connectivity index (χ2n) is 2.63. The molecule has 10 heavy (non-hydrogen) atoms. The Morgan fingerprint density at radius 2 is 2.20 bits per heavy atom. The summed E-state index contributed by atoms with van der Waals surface area (Å²) in [5.41, 5.74) is 0. The van der Waals surface area contributed by atoms with Gasteiger partial charge in [0.25, 0.3) is 0 Å². The number of hydrogen-bond donors (Lipinski definition) is 2. The van der Waals surface area contributed by atoms with Gasteiger partial charge in [0.15, 0.2) is 0 Å². The molecule has 0 aromatic heterocycles. The van der Waals surface area contributed by atoms with E-state index in [1.165, 1.54) is 0 Å². The van der Waals surface area contributed by atoms with Crippen LogP contribution in [0.5, 0.6) is 0 Å². The summed E-state index contributed by atoms with van der Waals surface area (Å²) in [6.45, 7) is 4.59. The summed E-state index contributed by atoms with van der Waals surface area (Å²) in [4.78, 5) is 2.55. The summed E-state index contributed by atoms with van der Waals surface area (Å²) in [6.07, 6.45) is 1.86. The van der Waals surface area contributed by atoms with Crippen LogP contribution in [-0.4, -0.2) is 17.8 Å². The van der Waals surface area contributed by atoms with Gasteiger partial charge in [-0.15, -0.1) is 0 Å². The number of nitrogens with one attached hydrogen (secondary N) is 1. The van der Waals surface area contributed by atoms with E-state index >= 15 is 0 Å². The van der Waals surface area contributed by atoms with Crippen LogP contribution in [0.25, 0.3) is 0 Å². The standard InChI is InChI=1S/C7H16ClNO/c1-3-4-7(5-9-8)6(2)10/h6-7,9-10H,3-5H2,1-2H3/t6?,7-/m0/s1. The Morgan fingerprint density at radius 3 is 2.50 bits per heavy atom. The molecule has 0 heterocycles. The van der Waals surface area contributed by atoms with Crippen LogP contribution in [0.4, 0.5) is 0 Å². The van der Waals surface area contributed by atoms with Gasteiger partial charge in [-0.2, -0.15) is 0 Å². The van der Waals surface area contributed by atoms with Gasteiger partial charge in [-0.3, -0.25) is 0 Å². The average Bonchev–Trinajstić information content (AvgIpc) is 1.87. The topological polar surface area (TPSA) is 32.3 Å². The van der Waals surface area contributed by atoms with E-state index in [1.54, 1.807) is 6.92 Å². The number of rotatable bonds is 5. The fourth-order valence-electron chi connectivity index (χ4n) is 0.984. The molecule has 2 atom stereocenters. The predicted molar refractivity (Wildman–Crippen MR) is 43.9 cm³/mol. The first-order valence-corrected chi connectivity index (χ1v) is 4.11. The lowest BCUT2D eigenvalue weighted by Crippen LogP contribution is -2.25. The number of aliphatic hydroxyl groups is 1. The summed E-state index contributed by atoms with van der Waals surface area (Å²) in [5, 5.41) is 9.18. The largest absolute Gasteiger partial charge is 0.393 e. The first kappa shape index (κ1) is 10.2. The molecule has 2 nitrogen and oxygen atoms in total. The molecule has 0 saturated heterocycles. The molecule has 0 bridgehead atoms. The highest BCUT2D eigenvalue weighted by molar-refractivity contribution is 6.13. The molecule has 0 aliphatic rings. The number of halogens is 1. The molecule has 0 amide bonds. The molecule has 2 N–H and O–H groups in total. The van der Waals surface area contributed by atoms with Gasteiger partial charge in [0, 0.05) is 6.54 Å². The van der Waals surface area contributed by atoms with Gasteiger partial charge in [-0.25, -0.2) is 4.84 Å². The SMILES string of the molecule is CCC[C@@H](CNCl)C(C)O. The van der Waals surface area contributed by atoms with Gasteiger partial charge in [-0.05, 0) is 31.0 Å². The maximum absolute atomic E-state index is 9.18. The lowest BCUT2D eigenvalue weighted by Gasteiger charge is -2.17. The molecule has 3 heteroatoms. The molecule has 0 aromatic rings. The monoisotopic (exact) mass is 165 g/mol. The van der Waals surface area contributed by atoms with E-state index in [0.717, 1.165) is 12.8 Å². The van der Waals surface area contributed by atoms with Gasteiger partial charge in [0.05, 0.1) is 6.10 Å². The zero-order valence-electron chi connectivity index (χ0n) is 6.60. The molecule has 0 fully saturated rings. The van der Waals surface area contributed by atoms with Crippen LogP contribution in [-0.2, 0) is 0 Å². The maximum Gasteiger partial charge on any atom is 0.0552 e.